The summed E-state index contributed by atoms with van der Waals surface area (Å²) in [5, 5.41) is 3.37. The zero-order valence-electron chi connectivity index (χ0n) is 18.2. The summed E-state index contributed by atoms with van der Waals surface area (Å²) in [6.07, 6.45) is 0. The summed E-state index contributed by atoms with van der Waals surface area (Å²) < 4.78 is 38.1. The largest absolute Gasteiger partial charge is 0.494 e. The van der Waals surface area contributed by atoms with E-state index in [1.54, 1.807) is 24.3 Å². The van der Waals surface area contributed by atoms with Gasteiger partial charge in [0.25, 0.3) is 0 Å². The number of sulfone groups is 1. The molecule has 0 saturated heterocycles. The highest BCUT2D eigenvalue weighted by Gasteiger charge is 2.28. The normalized spacial score (nSPS) is 11.4. The number of oxazole rings is 1. The van der Waals surface area contributed by atoms with Crippen molar-refractivity contribution in [1.29, 1.82) is 0 Å². The maximum Gasteiger partial charge on any atom is 0.234 e. The number of aromatic nitrogens is 1. The van der Waals surface area contributed by atoms with E-state index in [0.717, 1.165) is 11.1 Å². The van der Waals surface area contributed by atoms with E-state index in [4.69, 9.17) is 20.8 Å². The van der Waals surface area contributed by atoms with Crippen LogP contribution in [0.1, 0.15) is 18.1 Å². The van der Waals surface area contributed by atoms with Gasteiger partial charge in [0.05, 0.1) is 11.5 Å². The Bertz CT molecular complexity index is 1330. The zero-order valence-corrected chi connectivity index (χ0v) is 19.8. The molecule has 0 aliphatic rings. The van der Waals surface area contributed by atoms with Gasteiger partial charge in [-0.2, -0.15) is 4.98 Å². The van der Waals surface area contributed by atoms with Crippen LogP contribution in [0.5, 0.6) is 5.75 Å². The lowest BCUT2D eigenvalue weighted by Crippen LogP contribution is -2.07. The molecular weight excluding hydrogens is 460 g/mol. The van der Waals surface area contributed by atoms with Crippen molar-refractivity contribution in [1.82, 2.24) is 4.98 Å². The third kappa shape index (κ3) is 5.21. The molecule has 0 unspecified atom stereocenters. The maximum absolute atomic E-state index is 13.4. The summed E-state index contributed by atoms with van der Waals surface area (Å²) >= 11 is 5.94. The van der Waals surface area contributed by atoms with Crippen LogP contribution in [0.3, 0.4) is 0 Å². The number of hydrogen-bond acceptors (Lipinski definition) is 6. The van der Waals surface area contributed by atoms with Crippen molar-refractivity contribution in [3.05, 3.63) is 88.9 Å². The fourth-order valence-electron chi connectivity index (χ4n) is 3.20. The Labute approximate surface area is 198 Å². The van der Waals surface area contributed by atoms with Crippen LogP contribution in [-0.2, 0) is 16.4 Å². The van der Waals surface area contributed by atoms with Crippen molar-refractivity contribution < 1.29 is 17.6 Å². The van der Waals surface area contributed by atoms with Crippen molar-refractivity contribution in [3.8, 4) is 17.2 Å². The summed E-state index contributed by atoms with van der Waals surface area (Å²) in [7, 11) is -3.95. The van der Waals surface area contributed by atoms with E-state index in [0.29, 0.717) is 29.5 Å². The van der Waals surface area contributed by atoms with Crippen molar-refractivity contribution in [2.75, 3.05) is 11.9 Å². The summed E-state index contributed by atoms with van der Waals surface area (Å²) in [4.78, 5) is 4.44. The third-order valence-electron chi connectivity index (χ3n) is 4.96. The van der Waals surface area contributed by atoms with E-state index in [1.165, 1.54) is 24.3 Å². The summed E-state index contributed by atoms with van der Waals surface area (Å²) in [6.45, 7) is 4.84. The Morgan fingerprint density at radius 3 is 2.27 bits per heavy atom. The van der Waals surface area contributed by atoms with Gasteiger partial charge in [0, 0.05) is 17.1 Å². The lowest BCUT2D eigenvalue weighted by atomic mass is 10.1. The van der Waals surface area contributed by atoms with E-state index in [-0.39, 0.29) is 21.7 Å². The number of rotatable bonds is 8. The van der Waals surface area contributed by atoms with Gasteiger partial charge in [-0.25, -0.2) is 8.42 Å². The highest BCUT2D eigenvalue weighted by atomic mass is 35.5. The first-order valence-corrected chi connectivity index (χ1v) is 12.3. The van der Waals surface area contributed by atoms with Gasteiger partial charge in [-0.05, 0) is 67.9 Å². The Morgan fingerprint density at radius 1 is 0.970 bits per heavy atom. The fourth-order valence-corrected chi connectivity index (χ4v) is 4.60. The number of benzene rings is 3. The van der Waals surface area contributed by atoms with Gasteiger partial charge in [-0.3, -0.25) is 0 Å². The average Bonchev–Trinajstić information content (AvgIpc) is 3.25. The second kappa shape index (κ2) is 9.68. The number of hydrogen-bond donors (Lipinski definition) is 1. The second-order valence-corrected chi connectivity index (χ2v) is 9.71. The highest BCUT2D eigenvalue weighted by molar-refractivity contribution is 7.91. The molecule has 0 aliphatic heterocycles. The first kappa shape index (κ1) is 22.9. The molecule has 33 heavy (non-hydrogen) atoms. The van der Waals surface area contributed by atoms with Crippen LogP contribution in [0.4, 0.5) is 5.88 Å². The van der Waals surface area contributed by atoms with Gasteiger partial charge in [-0.1, -0.05) is 41.4 Å². The van der Waals surface area contributed by atoms with Crippen molar-refractivity contribution in [3.63, 3.8) is 0 Å². The van der Waals surface area contributed by atoms with Crippen molar-refractivity contribution >= 4 is 27.3 Å². The van der Waals surface area contributed by atoms with Crippen LogP contribution in [0.2, 0.25) is 5.02 Å². The molecule has 1 N–H and O–H groups in total. The van der Waals surface area contributed by atoms with E-state index in [1.807, 2.05) is 38.1 Å². The van der Waals surface area contributed by atoms with E-state index in [2.05, 4.69) is 10.3 Å². The molecule has 3 aromatic carbocycles. The molecule has 0 radical (unpaired) electrons. The summed E-state index contributed by atoms with van der Waals surface area (Å²) in [5.41, 5.74) is 2.76. The topological polar surface area (TPSA) is 81.4 Å². The minimum Gasteiger partial charge on any atom is -0.494 e. The molecule has 0 spiro atoms. The van der Waals surface area contributed by atoms with Gasteiger partial charge in [0.1, 0.15) is 5.75 Å². The van der Waals surface area contributed by atoms with Crippen LogP contribution in [0.15, 0.2) is 87.1 Å². The quantitative estimate of drug-likeness (QED) is 0.324. The lowest BCUT2D eigenvalue weighted by molar-refractivity contribution is 0.340. The van der Waals surface area contributed by atoms with Crippen LogP contribution in [0, 0.1) is 6.92 Å². The van der Waals surface area contributed by atoms with E-state index in [9.17, 15) is 8.42 Å². The average molecular weight is 483 g/mol. The minimum absolute atomic E-state index is 0.0782. The number of anilines is 1. The monoisotopic (exact) mass is 482 g/mol. The van der Waals surface area contributed by atoms with Gasteiger partial charge in [0.2, 0.25) is 26.6 Å². The standard InChI is InChI=1S/C25H23ClN2O4S/c1-3-31-21-12-8-19(9-13-21)23-28-25(33(29,30)22-14-10-20(26)11-15-22)24(32-23)27-16-18-6-4-17(2)5-7-18/h4-15,27H,3,16H2,1-2H3. The highest BCUT2D eigenvalue weighted by Crippen LogP contribution is 2.33. The number of aryl methyl sites for hydroxylation is 1. The first-order chi connectivity index (χ1) is 15.9. The Balaban J connectivity index is 1.72. The predicted octanol–water partition coefficient (Wildman–Crippen LogP) is 6.15. The predicted molar refractivity (Wildman–Crippen MR) is 129 cm³/mol. The van der Waals surface area contributed by atoms with Gasteiger partial charge >= 0.3 is 0 Å². The number of nitrogens with zero attached hydrogens (tertiary/aromatic N) is 1. The molecule has 170 valence electrons. The number of nitrogens with one attached hydrogen (secondary N) is 1. The maximum atomic E-state index is 13.4. The van der Waals surface area contributed by atoms with Gasteiger partial charge in [0.15, 0.2) is 0 Å². The second-order valence-electron chi connectivity index (χ2n) is 7.41. The van der Waals surface area contributed by atoms with Crippen LogP contribution in [0.25, 0.3) is 11.5 Å². The van der Waals surface area contributed by atoms with Crippen LogP contribution in [-0.4, -0.2) is 20.0 Å². The molecule has 0 fully saturated rings. The molecule has 8 heteroatoms. The molecule has 4 rings (SSSR count). The minimum atomic E-state index is -3.95. The smallest absolute Gasteiger partial charge is 0.234 e. The Morgan fingerprint density at radius 2 is 1.64 bits per heavy atom. The first-order valence-electron chi connectivity index (χ1n) is 10.4. The zero-order chi connectivity index (χ0) is 23.4. The van der Waals surface area contributed by atoms with E-state index >= 15 is 0 Å². The molecule has 0 atom stereocenters. The SMILES string of the molecule is CCOc1ccc(-c2nc(S(=O)(=O)c3ccc(Cl)cc3)c(NCc3ccc(C)cc3)o2)cc1. The number of halogens is 1. The molecule has 0 saturated carbocycles. The summed E-state index contributed by atoms with van der Waals surface area (Å²) in [5.74, 6) is 0.978. The van der Waals surface area contributed by atoms with Crippen LogP contribution >= 0.6 is 11.6 Å². The molecule has 4 aromatic rings. The van der Waals surface area contributed by atoms with Crippen molar-refractivity contribution in [2.24, 2.45) is 0 Å². The van der Waals surface area contributed by atoms with Crippen LogP contribution < -0.4 is 10.1 Å². The fraction of sp³-hybridized carbons (Fsp3) is 0.160. The lowest BCUT2D eigenvalue weighted by Gasteiger charge is -2.07. The molecular formula is C25H23ClN2O4S. The summed E-state index contributed by atoms with van der Waals surface area (Å²) in [6, 6.07) is 21.0. The van der Waals surface area contributed by atoms with E-state index < -0.39 is 9.84 Å². The molecule has 0 amide bonds. The van der Waals surface area contributed by atoms with Gasteiger partial charge < -0.3 is 14.5 Å². The third-order valence-corrected chi connectivity index (χ3v) is 6.89. The molecule has 1 aromatic heterocycles. The van der Waals surface area contributed by atoms with Crippen molar-refractivity contribution in [2.45, 2.75) is 30.3 Å². The van der Waals surface area contributed by atoms with Gasteiger partial charge in [-0.15, -0.1) is 0 Å². The Hall–Kier alpha value is -3.29. The molecule has 6 nitrogen and oxygen atoms in total. The number of ether oxygens (including phenoxy) is 1. The molecule has 0 bridgehead atoms. The molecule has 0 aliphatic carbocycles. The Kier molecular flexibility index (Phi) is 6.72. The molecule has 1 heterocycles.